The number of anilines is 1. The Hall–Kier alpha value is -3.68. The maximum absolute atomic E-state index is 12.1. The number of rotatable bonds is 6. The summed E-state index contributed by atoms with van der Waals surface area (Å²) in [5.74, 6) is -1.42. The Kier molecular flexibility index (Phi) is 7.08. The summed E-state index contributed by atoms with van der Waals surface area (Å²) >= 11 is 0. The third-order valence-electron chi connectivity index (χ3n) is 4.14. The average molecular weight is 396 g/mol. The Morgan fingerprint density at radius 3 is 2.21 bits per heavy atom. The molecule has 0 unspecified atom stereocenters. The Labute approximate surface area is 169 Å². The molecule has 0 spiro atoms. The second-order valence-corrected chi connectivity index (χ2v) is 6.70. The van der Waals surface area contributed by atoms with E-state index in [2.05, 4.69) is 16.0 Å². The van der Waals surface area contributed by atoms with Crippen LogP contribution in [0.4, 0.5) is 5.69 Å². The topological polar surface area (TPSA) is 120 Å². The molecule has 2 amide bonds. The molecule has 0 radical (unpaired) electrons. The van der Waals surface area contributed by atoms with E-state index >= 15 is 0 Å². The summed E-state index contributed by atoms with van der Waals surface area (Å²) < 4.78 is 4.80. The molecule has 4 N–H and O–H groups in total. The van der Waals surface area contributed by atoms with Gasteiger partial charge in [0.15, 0.2) is 5.96 Å². The number of hydrogen-bond donors (Lipinski definition) is 4. The summed E-state index contributed by atoms with van der Waals surface area (Å²) in [7, 11) is 1.27. The number of guanidine groups is 1. The third kappa shape index (κ3) is 6.17. The minimum atomic E-state index is -1.19. The van der Waals surface area contributed by atoms with Crippen LogP contribution in [0.25, 0.3) is 0 Å². The fraction of sp³-hybridized carbons (Fsp3) is 0.238. The highest BCUT2D eigenvalue weighted by molar-refractivity contribution is 6.08. The fourth-order valence-corrected chi connectivity index (χ4v) is 2.85. The van der Waals surface area contributed by atoms with E-state index in [1.165, 1.54) is 14.0 Å². The number of methoxy groups -OCH3 is 1. The van der Waals surface area contributed by atoms with Crippen LogP contribution in [0.15, 0.2) is 54.6 Å². The van der Waals surface area contributed by atoms with Crippen LogP contribution in [-0.2, 0) is 20.7 Å². The summed E-state index contributed by atoms with van der Waals surface area (Å²) in [5, 5.41) is 15.8. The van der Waals surface area contributed by atoms with Gasteiger partial charge in [0.05, 0.1) is 7.11 Å². The quantitative estimate of drug-likeness (QED) is 0.338. The van der Waals surface area contributed by atoms with Crippen molar-refractivity contribution in [1.29, 1.82) is 5.41 Å². The van der Waals surface area contributed by atoms with Crippen LogP contribution < -0.4 is 16.0 Å². The Balaban J connectivity index is 2.00. The second kappa shape index (κ2) is 9.50. The molecule has 2 aromatic rings. The minimum Gasteiger partial charge on any atom is -0.467 e. The average Bonchev–Trinajstić information content (AvgIpc) is 2.68. The normalized spacial score (nSPS) is 12.2. The van der Waals surface area contributed by atoms with E-state index in [1.807, 2.05) is 0 Å². The lowest BCUT2D eigenvalue weighted by atomic mass is 9.92. The molecule has 0 saturated carbocycles. The van der Waals surface area contributed by atoms with Crippen LogP contribution in [0.1, 0.15) is 29.8 Å². The molecular weight excluding hydrogens is 372 g/mol. The monoisotopic (exact) mass is 396 g/mol. The van der Waals surface area contributed by atoms with Crippen molar-refractivity contribution in [3.05, 3.63) is 65.7 Å². The zero-order valence-electron chi connectivity index (χ0n) is 16.5. The maximum Gasteiger partial charge on any atom is 0.331 e. The molecule has 0 aliphatic heterocycles. The van der Waals surface area contributed by atoms with E-state index in [0.717, 1.165) is 5.56 Å². The van der Waals surface area contributed by atoms with Crippen molar-refractivity contribution in [3.8, 4) is 0 Å². The van der Waals surface area contributed by atoms with Gasteiger partial charge in [-0.05, 0) is 36.8 Å². The van der Waals surface area contributed by atoms with E-state index < -0.39 is 11.5 Å². The molecule has 0 aliphatic rings. The largest absolute Gasteiger partial charge is 0.467 e. The van der Waals surface area contributed by atoms with Gasteiger partial charge in [0.1, 0.15) is 5.54 Å². The van der Waals surface area contributed by atoms with Gasteiger partial charge in [0.25, 0.3) is 5.91 Å². The van der Waals surface area contributed by atoms with E-state index in [9.17, 15) is 14.4 Å². The lowest BCUT2D eigenvalue weighted by molar-refractivity contribution is -0.149. The van der Waals surface area contributed by atoms with E-state index in [-0.39, 0.29) is 24.2 Å². The number of carbonyl (C=O) groups is 3. The third-order valence-corrected chi connectivity index (χ3v) is 4.14. The number of benzene rings is 2. The standard InChI is InChI=1S/C21H24N4O4/c1-14(26)25-21(2,19(28)29-3)13-15-9-11-17(12-10-15)23-20(22)24-18(27)16-7-5-4-6-8-16/h4-12H,13H2,1-3H3,(H,25,26)(H3,22,23,24,27)/t21-/m0/s1. The van der Waals surface area contributed by atoms with E-state index in [4.69, 9.17) is 10.1 Å². The molecule has 1 atom stereocenters. The molecule has 0 aliphatic carbocycles. The van der Waals surface area contributed by atoms with Gasteiger partial charge in [-0.15, -0.1) is 0 Å². The summed E-state index contributed by atoms with van der Waals surface area (Å²) in [6, 6.07) is 15.6. The van der Waals surface area contributed by atoms with Crippen molar-refractivity contribution in [2.75, 3.05) is 12.4 Å². The first kappa shape index (κ1) is 21.6. The number of esters is 1. The van der Waals surface area contributed by atoms with Crippen LogP contribution >= 0.6 is 0 Å². The van der Waals surface area contributed by atoms with Crippen molar-refractivity contribution in [2.45, 2.75) is 25.8 Å². The first-order valence-electron chi connectivity index (χ1n) is 8.91. The summed E-state index contributed by atoms with van der Waals surface area (Å²) in [4.78, 5) is 35.6. The first-order valence-corrected chi connectivity index (χ1v) is 8.91. The van der Waals surface area contributed by atoms with Crippen LogP contribution in [-0.4, -0.2) is 36.4 Å². The van der Waals surface area contributed by atoms with Gasteiger partial charge in [0, 0.05) is 24.6 Å². The van der Waals surface area contributed by atoms with Crippen LogP contribution in [0, 0.1) is 5.41 Å². The molecule has 0 bridgehead atoms. The highest BCUT2D eigenvalue weighted by atomic mass is 16.5. The maximum atomic E-state index is 12.1. The molecule has 2 aromatic carbocycles. The Morgan fingerprint density at radius 2 is 1.66 bits per heavy atom. The van der Waals surface area contributed by atoms with Gasteiger partial charge >= 0.3 is 5.97 Å². The summed E-state index contributed by atoms with van der Waals surface area (Å²) in [6.45, 7) is 2.94. The van der Waals surface area contributed by atoms with Crippen LogP contribution in [0.5, 0.6) is 0 Å². The highest BCUT2D eigenvalue weighted by Crippen LogP contribution is 2.18. The molecule has 8 heteroatoms. The molecule has 29 heavy (non-hydrogen) atoms. The molecule has 0 aromatic heterocycles. The van der Waals surface area contributed by atoms with Gasteiger partial charge in [0.2, 0.25) is 5.91 Å². The Morgan fingerprint density at radius 1 is 1.03 bits per heavy atom. The van der Waals surface area contributed by atoms with Crippen molar-refractivity contribution in [1.82, 2.24) is 10.6 Å². The molecular formula is C21H24N4O4. The lowest BCUT2D eigenvalue weighted by Crippen LogP contribution is -2.53. The van der Waals surface area contributed by atoms with Gasteiger partial charge in [-0.25, -0.2) is 4.79 Å². The van der Waals surface area contributed by atoms with E-state index in [1.54, 1.807) is 61.5 Å². The van der Waals surface area contributed by atoms with Crippen molar-refractivity contribution in [3.63, 3.8) is 0 Å². The molecule has 0 heterocycles. The number of nitrogens with one attached hydrogen (secondary N) is 4. The number of ether oxygens (including phenoxy) is 1. The Bertz CT molecular complexity index is 897. The van der Waals surface area contributed by atoms with Crippen molar-refractivity contribution in [2.24, 2.45) is 0 Å². The van der Waals surface area contributed by atoms with Crippen molar-refractivity contribution >= 4 is 29.4 Å². The molecule has 8 nitrogen and oxygen atoms in total. The van der Waals surface area contributed by atoms with Crippen LogP contribution in [0.2, 0.25) is 0 Å². The van der Waals surface area contributed by atoms with Gasteiger partial charge in [-0.1, -0.05) is 30.3 Å². The molecule has 2 rings (SSSR count). The first-order chi connectivity index (χ1) is 13.7. The molecule has 0 fully saturated rings. The number of carbonyl (C=O) groups excluding carboxylic acids is 3. The summed E-state index contributed by atoms with van der Waals surface area (Å²) in [5.41, 5.74) is 0.643. The zero-order valence-corrected chi connectivity index (χ0v) is 16.5. The van der Waals surface area contributed by atoms with Gasteiger partial charge in [-0.2, -0.15) is 0 Å². The second-order valence-electron chi connectivity index (χ2n) is 6.70. The smallest absolute Gasteiger partial charge is 0.331 e. The van der Waals surface area contributed by atoms with Crippen molar-refractivity contribution < 1.29 is 19.1 Å². The van der Waals surface area contributed by atoms with Crippen LogP contribution in [0.3, 0.4) is 0 Å². The predicted octanol–water partition coefficient (Wildman–Crippen LogP) is 2.07. The minimum absolute atomic E-state index is 0.163. The van der Waals surface area contributed by atoms with E-state index in [0.29, 0.717) is 11.3 Å². The van der Waals surface area contributed by atoms with Gasteiger partial charge < -0.3 is 15.4 Å². The highest BCUT2D eigenvalue weighted by Gasteiger charge is 2.35. The fourth-order valence-electron chi connectivity index (χ4n) is 2.85. The number of hydrogen-bond acceptors (Lipinski definition) is 5. The SMILES string of the molecule is COC(=O)[C@](C)(Cc1ccc(NC(=N)NC(=O)c2ccccc2)cc1)NC(C)=O. The van der Waals surface area contributed by atoms with Gasteiger partial charge in [-0.3, -0.25) is 20.3 Å². The zero-order chi connectivity index (χ0) is 21.4. The molecule has 0 saturated heterocycles. The lowest BCUT2D eigenvalue weighted by Gasteiger charge is -2.27. The molecule has 152 valence electrons. The predicted molar refractivity (Wildman–Crippen MR) is 110 cm³/mol. The summed E-state index contributed by atoms with van der Waals surface area (Å²) in [6.07, 6.45) is 0.238. The number of amides is 2.